The van der Waals surface area contributed by atoms with Gasteiger partial charge in [-0.25, -0.2) is 9.18 Å². The third kappa shape index (κ3) is 5.01. The number of nitrogens with zero attached hydrogens (tertiary/aromatic N) is 2. The first-order valence-electron chi connectivity index (χ1n) is 8.07. The fourth-order valence-corrected chi connectivity index (χ4v) is 2.21. The highest BCUT2D eigenvalue weighted by molar-refractivity contribution is 5.84. The number of carbonyl (C=O) groups excluding carboxylic acids is 1. The highest BCUT2D eigenvalue weighted by atomic mass is 19.1. The van der Waals surface area contributed by atoms with E-state index in [1.165, 1.54) is 24.3 Å². The number of hydrogen-bond acceptors (Lipinski definition) is 6. The fraction of sp³-hybridized carbons (Fsp3) is 0.0526. The molecule has 0 bridgehead atoms. The van der Waals surface area contributed by atoms with Crippen LogP contribution in [0, 0.1) is 15.9 Å². The van der Waals surface area contributed by atoms with Crippen LogP contribution in [0.15, 0.2) is 66.9 Å². The smallest absolute Gasteiger partial charge is 0.412 e. The Labute approximate surface area is 158 Å². The average Bonchev–Trinajstić information content (AvgIpc) is 2.70. The molecule has 0 atom stereocenters. The lowest BCUT2D eigenvalue weighted by Crippen LogP contribution is -2.14. The summed E-state index contributed by atoms with van der Waals surface area (Å²) in [6, 6.07) is 15.4. The van der Waals surface area contributed by atoms with Gasteiger partial charge in [-0.1, -0.05) is 30.3 Å². The number of aromatic nitrogens is 1. The van der Waals surface area contributed by atoms with Crippen LogP contribution in [-0.4, -0.2) is 16.0 Å². The van der Waals surface area contributed by atoms with Gasteiger partial charge in [0, 0.05) is 12.1 Å². The molecule has 1 aromatic heterocycles. The summed E-state index contributed by atoms with van der Waals surface area (Å²) < 4.78 is 24.6. The quantitative estimate of drug-likeness (QED) is 0.490. The predicted molar refractivity (Wildman–Crippen MR) is 97.6 cm³/mol. The largest absolute Gasteiger partial charge is 0.453 e. The molecule has 3 aromatic rings. The van der Waals surface area contributed by atoms with Crippen molar-refractivity contribution >= 4 is 17.6 Å². The van der Waals surface area contributed by atoms with Gasteiger partial charge < -0.3 is 19.6 Å². The summed E-state index contributed by atoms with van der Waals surface area (Å²) in [7, 11) is 0. The summed E-state index contributed by atoms with van der Waals surface area (Å²) in [5, 5.41) is 12.9. The molecule has 0 unspecified atom stereocenters. The van der Waals surface area contributed by atoms with Gasteiger partial charge in [-0.15, -0.1) is 0 Å². The average molecular weight is 383 g/mol. The molecular formula is C19H14FN3O5. The standard InChI is InChI=1S/C19H14FN3O5/c20-16-10-14(28-15-7-9-18(21-11-15)23(25)26)6-8-17(16)22-19(24)27-12-13-4-2-1-3-5-13/h1-11H,12H2,(H,22,24). The normalized spacial score (nSPS) is 10.2. The Kier molecular flexibility index (Phi) is 5.75. The van der Waals surface area contributed by atoms with Gasteiger partial charge in [0.25, 0.3) is 0 Å². The Bertz CT molecular complexity index is 981. The molecule has 0 aliphatic rings. The third-order valence-corrected chi connectivity index (χ3v) is 3.53. The maximum absolute atomic E-state index is 14.2. The van der Waals surface area contributed by atoms with E-state index in [4.69, 9.17) is 9.47 Å². The van der Waals surface area contributed by atoms with Crippen molar-refractivity contribution in [2.24, 2.45) is 0 Å². The number of amides is 1. The highest BCUT2D eigenvalue weighted by Crippen LogP contribution is 2.26. The van der Waals surface area contributed by atoms with Crippen LogP contribution >= 0.6 is 0 Å². The van der Waals surface area contributed by atoms with E-state index in [-0.39, 0.29) is 29.6 Å². The van der Waals surface area contributed by atoms with E-state index in [1.807, 2.05) is 18.2 Å². The van der Waals surface area contributed by atoms with Crippen LogP contribution in [-0.2, 0) is 11.3 Å². The van der Waals surface area contributed by atoms with Gasteiger partial charge in [-0.2, -0.15) is 0 Å². The zero-order chi connectivity index (χ0) is 19.9. The lowest BCUT2D eigenvalue weighted by molar-refractivity contribution is -0.389. The number of nitro groups is 1. The summed E-state index contributed by atoms with van der Waals surface area (Å²) in [6.07, 6.45) is 0.361. The number of rotatable bonds is 6. The number of carbonyl (C=O) groups is 1. The van der Waals surface area contributed by atoms with E-state index in [0.717, 1.165) is 17.8 Å². The van der Waals surface area contributed by atoms with Crippen LogP contribution in [0.4, 0.5) is 20.7 Å². The second kappa shape index (κ2) is 8.58. The molecule has 0 aliphatic carbocycles. The summed E-state index contributed by atoms with van der Waals surface area (Å²) >= 11 is 0. The fourth-order valence-electron chi connectivity index (χ4n) is 2.21. The minimum absolute atomic E-state index is 0.0582. The van der Waals surface area contributed by atoms with E-state index >= 15 is 0 Å². The van der Waals surface area contributed by atoms with Gasteiger partial charge in [-0.3, -0.25) is 5.32 Å². The predicted octanol–water partition coefficient (Wildman–Crippen LogP) is 4.67. The Morgan fingerprint density at radius 2 is 1.86 bits per heavy atom. The molecule has 9 heteroatoms. The molecule has 1 N–H and O–H groups in total. The Balaban J connectivity index is 1.58. The summed E-state index contributed by atoms with van der Waals surface area (Å²) in [4.78, 5) is 25.4. The molecule has 28 heavy (non-hydrogen) atoms. The number of nitrogens with one attached hydrogen (secondary N) is 1. The van der Waals surface area contributed by atoms with E-state index in [1.54, 1.807) is 12.1 Å². The summed E-state index contributed by atoms with van der Waals surface area (Å²) in [5.74, 6) is -0.722. The minimum atomic E-state index is -0.795. The van der Waals surface area contributed by atoms with Gasteiger partial charge in [0.1, 0.15) is 12.4 Å². The Morgan fingerprint density at radius 3 is 2.50 bits per heavy atom. The van der Waals surface area contributed by atoms with Gasteiger partial charge in [0.05, 0.1) is 5.69 Å². The molecular weight excluding hydrogens is 369 g/mol. The third-order valence-electron chi connectivity index (χ3n) is 3.53. The van der Waals surface area contributed by atoms with E-state index in [0.29, 0.717) is 0 Å². The van der Waals surface area contributed by atoms with Crippen LogP contribution in [0.5, 0.6) is 11.5 Å². The van der Waals surface area contributed by atoms with Crippen molar-refractivity contribution in [3.05, 3.63) is 88.4 Å². The van der Waals surface area contributed by atoms with Crippen molar-refractivity contribution in [3.8, 4) is 11.5 Å². The van der Waals surface area contributed by atoms with Crippen molar-refractivity contribution in [2.45, 2.75) is 6.61 Å². The number of pyridine rings is 1. The van der Waals surface area contributed by atoms with Crippen LogP contribution in [0.2, 0.25) is 0 Å². The number of benzene rings is 2. The van der Waals surface area contributed by atoms with E-state index in [9.17, 15) is 19.3 Å². The van der Waals surface area contributed by atoms with Crippen molar-refractivity contribution < 1.29 is 23.6 Å². The molecule has 0 fully saturated rings. The van der Waals surface area contributed by atoms with Crippen molar-refractivity contribution in [2.75, 3.05) is 5.32 Å². The molecule has 3 rings (SSSR count). The Morgan fingerprint density at radius 1 is 1.11 bits per heavy atom. The summed E-state index contributed by atoms with van der Waals surface area (Å²) in [6.45, 7) is 0.0582. The monoisotopic (exact) mass is 383 g/mol. The zero-order valence-corrected chi connectivity index (χ0v) is 14.4. The van der Waals surface area contributed by atoms with Crippen molar-refractivity contribution in [1.82, 2.24) is 4.98 Å². The van der Waals surface area contributed by atoms with E-state index in [2.05, 4.69) is 10.3 Å². The molecule has 1 heterocycles. The van der Waals surface area contributed by atoms with Crippen LogP contribution < -0.4 is 10.1 Å². The molecule has 8 nitrogen and oxygen atoms in total. The molecule has 0 spiro atoms. The summed E-state index contributed by atoms with van der Waals surface area (Å²) in [5.41, 5.74) is 0.728. The molecule has 0 saturated heterocycles. The van der Waals surface area contributed by atoms with Crippen molar-refractivity contribution in [3.63, 3.8) is 0 Å². The topological polar surface area (TPSA) is 104 Å². The molecule has 142 valence electrons. The van der Waals surface area contributed by atoms with Crippen molar-refractivity contribution in [1.29, 1.82) is 0 Å². The second-order valence-corrected chi connectivity index (χ2v) is 5.54. The second-order valence-electron chi connectivity index (χ2n) is 5.54. The SMILES string of the molecule is O=C(Nc1ccc(Oc2ccc([N+](=O)[O-])nc2)cc1F)OCc1ccccc1. The molecule has 2 aromatic carbocycles. The maximum Gasteiger partial charge on any atom is 0.412 e. The highest BCUT2D eigenvalue weighted by Gasteiger charge is 2.11. The van der Waals surface area contributed by atoms with Crippen LogP contribution in [0.1, 0.15) is 5.56 Å². The number of anilines is 1. The lowest BCUT2D eigenvalue weighted by Gasteiger charge is -2.09. The minimum Gasteiger partial charge on any atom is -0.453 e. The first-order chi connectivity index (χ1) is 13.5. The first-order valence-corrected chi connectivity index (χ1v) is 8.07. The zero-order valence-electron chi connectivity index (χ0n) is 14.4. The van der Waals surface area contributed by atoms with Gasteiger partial charge in [-0.05, 0) is 33.7 Å². The lowest BCUT2D eigenvalue weighted by atomic mass is 10.2. The van der Waals surface area contributed by atoms with E-state index < -0.39 is 16.8 Å². The van der Waals surface area contributed by atoms with Gasteiger partial charge in [0.2, 0.25) is 0 Å². The number of halogens is 1. The number of hydrogen-bond donors (Lipinski definition) is 1. The maximum atomic E-state index is 14.2. The van der Waals surface area contributed by atoms with Crippen LogP contribution in [0.3, 0.4) is 0 Å². The molecule has 0 saturated carbocycles. The molecule has 0 radical (unpaired) electrons. The van der Waals surface area contributed by atoms with Crippen LogP contribution in [0.25, 0.3) is 0 Å². The molecule has 1 amide bonds. The van der Waals surface area contributed by atoms with Gasteiger partial charge in [0.15, 0.2) is 17.8 Å². The number of ether oxygens (including phenoxy) is 2. The Hall–Kier alpha value is -4.01. The molecule has 0 aliphatic heterocycles. The first kappa shape index (κ1) is 18.8. The van der Waals surface area contributed by atoms with Gasteiger partial charge >= 0.3 is 11.9 Å².